The minimum atomic E-state index is 0.343. The third-order valence-electron chi connectivity index (χ3n) is 3.45. The fourth-order valence-electron chi connectivity index (χ4n) is 2.55. The molecule has 0 bridgehead atoms. The number of phenols is 1. The molecular formula is C13H16N4O. The van der Waals surface area contributed by atoms with E-state index in [1.54, 1.807) is 12.3 Å². The van der Waals surface area contributed by atoms with Crippen LogP contribution in [0, 0.1) is 0 Å². The number of nitrogens with zero attached hydrogens (tertiary/aromatic N) is 3. The number of aromatic nitrogens is 3. The Morgan fingerprint density at radius 2 is 2.39 bits per heavy atom. The molecule has 1 heterocycles. The van der Waals surface area contributed by atoms with Crippen molar-refractivity contribution in [3.63, 3.8) is 0 Å². The van der Waals surface area contributed by atoms with Crippen molar-refractivity contribution in [2.75, 3.05) is 6.54 Å². The van der Waals surface area contributed by atoms with E-state index in [0.29, 0.717) is 11.8 Å². The lowest BCUT2D eigenvalue weighted by Gasteiger charge is -2.14. The van der Waals surface area contributed by atoms with Crippen LogP contribution in [-0.4, -0.2) is 26.6 Å². The standard InChI is InChI=1S/C13H16N4O/c18-13-3-1-2-10-11(13)4-5-12(10)14-6-8-17-9-7-15-16-17/h1-3,7,9,12,14,18H,4-6,8H2. The average Bonchev–Trinajstić information content (AvgIpc) is 3.00. The summed E-state index contributed by atoms with van der Waals surface area (Å²) < 4.78 is 1.81. The summed E-state index contributed by atoms with van der Waals surface area (Å²) >= 11 is 0. The zero-order chi connectivity index (χ0) is 12.4. The van der Waals surface area contributed by atoms with Crippen LogP contribution in [0.2, 0.25) is 0 Å². The quantitative estimate of drug-likeness (QED) is 0.850. The van der Waals surface area contributed by atoms with E-state index < -0.39 is 0 Å². The number of rotatable bonds is 4. The Bertz CT molecular complexity index is 524. The maximum atomic E-state index is 9.77. The van der Waals surface area contributed by atoms with Crippen molar-refractivity contribution < 1.29 is 5.11 Å². The predicted octanol–water partition coefficient (Wildman–Crippen LogP) is 1.26. The number of nitrogens with one attached hydrogen (secondary N) is 1. The monoisotopic (exact) mass is 244 g/mol. The van der Waals surface area contributed by atoms with Crippen LogP contribution in [0.3, 0.4) is 0 Å². The largest absolute Gasteiger partial charge is 0.508 e. The van der Waals surface area contributed by atoms with Crippen molar-refractivity contribution in [2.45, 2.75) is 25.4 Å². The Morgan fingerprint density at radius 3 is 3.22 bits per heavy atom. The van der Waals surface area contributed by atoms with Gasteiger partial charge in [-0.15, -0.1) is 5.10 Å². The van der Waals surface area contributed by atoms with Crippen LogP contribution < -0.4 is 5.32 Å². The van der Waals surface area contributed by atoms with E-state index >= 15 is 0 Å². The lowest BCUT2D eigenvalue weighted by atomic mass is 10.1. The highest BCUT2D eigenvalue weighted by Crippen LogP contribution is 2.35. The molecule has 2 aromatic rings. The average molecular weight is 244 g/mol. The normalized spacial score (nSPS) is 17.9. The second kappa shape index (κ2) is 4.78. The summed E-state index contributed by atoms with van der Waals surface area (Å²) in [5.74, 6) is 0.424. The van der Waals surface area contributed by atoms with Crippen LogP contribution >= 0.6 is 0 Å². The first-order chi connectivity index (χ1) is 8.84. The molecule has 3 rings (SSSR count). The Morgan fingerprint density at radius 1 is 1.44 bits per heavy atom. The minimum absolute atomic E-state index is 0.343. The van der Waals surface area contributed by atoms with Crippen LogP contribution in [0.4, 0.5) is 0 Å². The fraction of sp³-hybridized carbons (Fsp3) is 0.385. The number of benzene rings is 1. The van der Waals surface area contributed by atoms with Gasteiger partial charge in [-0.05, 0) is 30.0 Å². The molecule has 0 saturated carbocycles. The summed E-state index contributed by atoms with van der Waals surface area (Å²) in [7, 11) is 0. The molecular weight excluding hydrogens is 228 g/mol. The van der Waals surface area contributed by atoms with Gasteiger partial charge in [0, 0.05) is 18.8 Å². The van der Waals surface area contributed by atoms with Crippen LogP contribution in [0.25, 0.3) is 0 Å². The third-order valence-corrected chi connectivity index (χ3v) is 3.45. The van der Waals surface area contributed by atoms with Crippen molar-refractivity contribution >= 4 is 0 Å². The molecule has 2 N–H and O–H groups in total. The maximum absolute atomic E-state index is 9.77. The van der Waals surface area contributed by atoms with Gasteiger partial charge in [0.25, 0.3) is 0 Å². The molecule has 0 spiro atoms. The van der Waals surface area contributed by atoms with Gasteiger partial charge in [-0.1, -0.05) is 17.3 Å². The van der Waals surface area contributed by atoms with Crippen LogP contribution in [0.5, 0.6) is 5.75 Å². The molecule has 0 aliphatic heterocycles. The molecule has 94 valence electrons. The first kappa shape index (κ1) is 11.2. The number of hydrogen-bond acceptors (Lipinski definition) is 4. The second-order valence-corrected chi connectivity index (χ2v) is 4.56. The number of fused-ring (bicyclic) bond motifs is 1. The zero-order valence-corrected chi connectivity index (χ0v) is 10.1. The number of phenolic OH excluding ortho intramolecular Hbond substituents is 1. The van der Waals surface area contributed by atoms with E-state index in [2.05, 4.69) is 21.7 Å². The van der Waals surface area contributed by atoms with Crippen LogP contribution in [0.15, 0.2) is 30.6 Å². The highest BCUT2D eigenvalue weighted by Gasteiger charge is 2.23. The SMILES string of the molecule is Oc1cccc2c1CCC2NCCn1ccnn1. The van der Waals surface area contributed by atoms with Crippen molar-refractivity contribution in [3.8, 4) is 5.75 Å². The van der Waals surface area contributed by atoms with Gasteiger partial charge >= 0.3 is 0 Å². The smallest absolute Gasteiger partial charge is 0.119 e. The van der Waals surface area contributed by atoms with Crippen molar-refractivity contribution in [1.29, 1.82) is 0 Å². The molecule has 0 fully saturated rings. The van der Waals surface area contributed by atoms with Gasteiger partial charge in [-0.3, -0.25) is 4.68 Å². The maximum Gasteiger partial charge on any atom is 0.119 e. The summed E-state index contributed by atoms with van der Waals surface area (Å²) in [6.07, 6.45) is 5.53. The van der Waals surface area contributed by atoms with E-state index in [4.69, 9.17) is 0 Å². The third kappa shape index (κ3) is 2.09. The van der Waals surface area contributed by atoms with Gasteiger partial charge in [0.1, 0.15) is 5.75 Å². The minimum Gasteiger partial charge on any atom is -0.508 e. The lowest BCUT2D eigenvalue weighted by Crippen LogP contribution is -2.24. The Balaban J connectivity index is 1.61. The zero-order valence-electron chi connectivity index (χ0n) is 10.1. The molecule has 5 heteroatoms. The van der Waals surface area contributed by atoms with Crippen LogP contribution in [-0.2, 0) is 13.0 Å². The molecule has 1 aromatic carbocycles. The molecule has 0 amide bonds. The molecule has 5 nitrogen and oxygen atoms in total. The summed E-state index contributed by atoms with van der Waals surface area (Å²) in [6.45, 7) is 1.66. The molecule has 1 aliphatic rings. The highest BCUT2D eigenvalue weighted by atomic mass is 16.3. The molecule has 1 aromatic heterocycles. The van der Waals surface area contributed by atoms with E-state index in [1.165, 1.54) is 5.56 Å². The summed E-state index contributed by atoms with van der Waals surface area (Å²) in [6, 6.07) is 6.10. The first-order valence-corrected chi connectivity index (χ1v) is 6.23. The van der Waals surface area contributed by atoms with E-state index in [-0.39, 0.29) is 0 Å². The molecule has 1 unspecified atom stereocenters. The number of hydrogen-bond donors (Lipinski definition) is 2. The molecule has 1 aliphatic carbocycles. The van der Waals surface area contributed by atoms with Crippen molar-refractivity contribution in [3.05, 3.63) is 41.7 Å². The second-order valence-electron chi connectivity index (χ2n) is 4.56. The Hall–Kier alpha value is -1.88. The van der Waals surface area contributed by atoms with Crippen molar-refractivity contribution in [1.82, 2.24) is 20.3 Å². The Kier molecular flexibility index (Phi) is 2.98. The molecule has 18 heavy (non-hydrogen) atoms. The summed E-state index contributed by atoms with van der Waals surface area (Å²) in [4.78, 5) is 0. The molecule has 0 radical (unpaired) electrons. The Labute approximate surface area is 105 Å². The number of aromatic hydroxyl groups is 1. The fourth-order valence-corrected chi connectivity index (χ4v) is 2.55. The molecule has 0 saturated heterocycles. The van der Waals surface area contributed by atoms with Gasteiger partial charge < -0.3 is 10.4 Å². The molecule has 1 atom stereocenters. The summed E-state index contributed by atoms with van der Waals surface area (Å²) in [5, 5.41) is 21.0. The van der Waals surface area contributed by atoms with E-state index in [9.17, 15) is 5.11 Å². The first-order valence-electron chi connectivity index (χ1n) is 6.23. The van der Waals surface area contributed by atoms with Gasteiger partial charge in [-0.25, -0.2) is 0 Å². The van der Waals surface area contributed by atoms with Gasteiger partial charge in [0.15, 0.2) is 0 Å². The van der Waals surface area contributed by atoms with E-state index in [0.717, 1.165) is 31.5 Å². The topological polar surface area (TPSA) is 63.0 Å². The van der Waals surface area contributed by atoms with E-state index in [1.807, 2.05) is 16.9 Å². The lowest BCUT2D eigenvalue weighted by molar-refractivity contribution is 0.469. The van der Waals surface area contributed by atoms with Crippen molar-refractivity contribution in [2.24, 2.45) is 0 Å². The highest BCUT2D eigenvalue weighted by molar-refractivity contribution is 5.44. The van der Waals surface area contributed by atoms with Gasteiger partial charge in [0.05, 0.1) is 12.7 Å². The summed E-state index contributed by atoms with van der Waals surface area (Å²) in [5.41, 5.74) is 2.32. The van der Waals surface area contributed by atoms with Crippen LogP contribution in [0.1, 0.15) is 23.6 Å². The predicted molar refractivity (Wildman–Crippen MR) is 67.2 cm³/mol. The van der Waals surface area contributed by atoms with Gasteiger partial charge in [0.2, 0.25) is 0 Å². The van der Waals surface area contributed by atoms with Gasteiger partial charge in [-0.2, -0.15) is 0 Å².